The number of rotatable bonds is 9. The van der Waals surface area contributed by atoms with E-state index in [0.29, 0.717) is 16.8 Å². The van der Waals surface area contributed by atoms with Crippen LogP contribution in [-0.4, -0.2) is 26.4 Å². The number of hydrogen-bond donors (Lipinski definition) is 1. The molecule has 4 rings (SSSR count). The molecule has 156 valence electrons. The first-order valence-corrected chi connectivity index (χ1v) is 11.3. The van der Waals surface area contributed by atoms with Crippen molar-refractivity contribution in [1.29, 1.82) is 0 Å². The molecular weight excluding hydrogens is 420 g/mol. The molecule has 1 saturated carbocycles. The lowest BCUT2D eigenvalue weighted by Gasteiger charge is -2.11. The van der Waals surface area contributed by atoms with Gasteiger partial charge >= 0.3 is 0 Å². The highest BCUT2D eigenvalue weighted by atomic mass is 35.5. The maximum absolute atomic E-state index is 12.4. The van der Waals surface area contributed by atoms with Crippen molar-refractivity contribution in [2.75, 3.05) is 11.1 Å². The molecule has 1 fully saturated rings. The predicted molar refractivity (Wildman–Crippen MR) is 119 cm³/mol. The Morgan fingerprint density at radius 2 is 1.97 bits per heavy atom. The van der Waals surface area contributed by atoms with E-state index in [0.717, 1.165) is 35.9 Å². The highest BCUT2D eigenvalue weighted by Gasteiger charge is 2.30. The van der Waals surface area contributed by atoms with Crippen molar-refractivity contribution in [3.05, 3.63) is 64.9 Å². The van der Waals surface area contributed by atoms with Gasteiger partial charge in [-0.1, -0.05) is 54.6 Å². The number of para-hydroxylation sites is 1. The van der Waals surface area contributed by atoms with Crippen LogP contribution in [0.25, 0.3) is 0 Å². The molecule has 0 aliphatic heterocycles. The Morgan fingerprint density at radius 3 is 2.67 bits per heavy atom. The number of nitrogens with zero attached hydrogens (tertiary/aromatic N) is 3. The van der Waals surface area contributed by atoms with Gasteiger partial charge in [0.1, 0.15) is 12.4 Å². The van der Waals surface area contributed by atoms with Crippen molar-refractivity contribution in [1.82, 2.24) is 14.8 Å². The zero-order valence-electron chi connectivity index (χ0n) is 16.7. The Morgan fingerprint density at radius 1 is 1.20 bits per heavy atom. The fraction of sp³-hybridized carbons (Fsp3) is 0.318. The lowest BCUT2D eigenvalue weighted by molar-refractivity contribution is -0.113. The number of carbonyl (C=O) groups excluding carboxylic acids is 1. The fourth-order valence-corrected chi connectivity index (χ4v) is 4.07. The predicted octanol–water partition coefficient (Wildman–Crippen LogP) is 5.14. The number of aryl methyl sites for hydroxylation is 1. The van der Waals surface area contributed by atoms with Crippen molar-refractivity contribution < 1.29 is 9.53 Å². The smallest absolute Gasteiger partial charge is 0.234 e. The molecule has 0 radical (unpaired) electrons. The molecule has 0 spiro atoms. The number of ether oxygens (including phenoxy) is 1. The van der Waals surface area contributed by atoms with E-state index in [4.69, 9.17) is 16.3 Å². The second kappa shape index (κ2) is 9.53. The number of carbonyl (C=O) groups is 1. The van der Waals surface area contributed by atoms with Crippen molar-refractivity contribution in [2.45, 2.75) is 44.0 Å². The molecule has 6 nitrogen and oxygen atoms in total. The van der Waals surface area contributed by atoms with Gasteiger partial charge in [-0.2, -0.15) is 0 Å². The molecule has 1 aliphatic carbocycles. The van der Waals surface area contributed by atoms with Crippen LogP contribution in [-0.2, 0) is 17.8 Å². The van der Waals surface area contributed by atoms with Gasteiger partial charge in [0.05, 0.1) is 10.8 Å². The number of halogens is 1. The number of amides is 1. The maximum atomic E-state index is 12.4. The minimum absolute atomic E-state index is 0.0662. The third-order valence-corrected chi connectivity index (χ3v) is 6.07. The van der Waals surface area contributed by atoms with Gasteiger partial charge in [0, 0.05) is 11.7 Å². The van der Waals surface area contributed by atoms with Crippen LogP contribution in [0.1, 0.15) is 37.2 Å². The van der Waals surface area contributed by atoms with E-state index < -0.39 is 0 Å². The van der Waals surface area contributed by atoms with Gasteiger partial charge < -0.3 is 10.1 Å². The largest absolute Gasteiger partial charge is 0.484 e. The van der Waals surface area contributed by atoms with Gasteiger partial charge in [0.15, 0.2) is 11.0 Å². The summed E-state index contributed by atoms with van der Waals surface area (Å²) in [5.41, 5.74) is 2.04. The zero-order chi connectivity index (χ0) is 20.9. The molecule has 0 atom stereocenters. The second-order valence-electron chi connectivity index (χ2n) is 7.11. The van der Waals surface area contributed by atoms with Crippen LogP contribution in [0.4, 0.5) is 5.69 Å². The molecule has 0 unspecified atom stereocenters. The molecule has 30 heavy (non-hydrogen) atoms. The van der Waals surface area contributed by atoms with Crippen LogP contribution in [0.2, 0.25) is 5.02 Å². The molecule has 1 aliphatic rings. The number of benzene rings is 2. The summed E-state index contributed by atoms with van der Waals surface area (Å²) < 4.78 is 7.92. The molecule has 0 saturated heterocycles. The van der Waals surface area contributed by atoms with Crippen molar-refractivity contribution in [3.8, 4) is 5.75 Å². The summed E-state index contributed by atoms with van der Waals surface area (Å²) in [5, 5.41) is 12.8. The Hall–Kier alpha value is -2.51. The quantitative estimate of drug-likeness (QED) is 0.465. The summed E-state index contributed by atoms with van der Waals surface area (Å²) in [6.07, 6.45) is 3.14. The van der Waals surface area contributed by atoms with Crippen molar-refractivity contribution in [2.24, 2.45) is 0 Å². The first-order valence-electron chi connectivity index (χ1n) is 9.96. The normalized spacial score (nSPS) is 13.3. The second-order valence-corrected chi connectivity index (χ2v) is 8.46. The molecule has 3 aromatic rings. The average molecular weight is 443 g/mol. The minimum atomic E-state index is -0.0662. The number of hydrogen-bond acceptors (Lipinski definition) is 5. The van der Waals surface area contributed by atoms with Gasteiger partial charge in [-0.15, -0.1) is 10.2 Å². The van der Waals surface area contributed by atoms with Crippen LogP contribution in [0.5, 0.6) is 5.75 Å². The number of nitrogens with one attached hydrogen (secondary N) is 1. The Balaban J connectivity index is 1.37. The van der Waals surface area contributed by atoms with Crippen molar-refractivity contribution >= 4 is 35.0 Å². The first kappa shape index (κ1) is 20.8. The van der Waals surface area contributed by atoms with Gasteiger partial charge in [-0.05, 0) is 49.1 Å². The van der Waals surface area contributed by atoms with Crippen LogP contribution in [0.3, 0.4) is 0 Å². The highest BCUT2D eigenvalue weighted by Crippen LogP contribution is 2.39. The standard InChI is InChI=1S/C22H23ClN4O2S/c1-2-15-7-9-16(10-8-15)24-21(28)14-30-22-26-25-20(27(22)17-11-12-17)13-29-19-6-4-3-5-18(19)23/h3-10,17H,2,11-14H2,1H3,(H,24,28). The maximum Gasteiger partial charge on any atom is 0.234 e. The van der Waals surface area contributed by atoms with Crippen LogP contribution in [0, 0.1) is 0 Å². The van der Waals surface area contributed by atoms with Crippen LogP contribution in [0.15, 0.2) is 53.7 Å². The van der Waals surface area contributed by atoms with E-state index in [2.05, 4.69) is 27.0 Å². The van der Waals surface area contributed by atoms with Gasteiger partial charge in [-0.25, -0.2) is 0 Å². The lowest BCUT2D eigenvalue weighted by Crippen LogP contribution is -2.15. The van der Waals surface area contributed by atoms with E-state index in [9.17, 15) is 4.79 Å². The van der Waals surface area contributed by atoms with Crippen LogP contribution < -0.4 is 10.1 Å². The SMILES string of the molecule is CCc1ccc(NC(=O)CSc2nnc(COc3ccccc3Cl)n2C2CC2)cc1. The zero-order valence-corrected chi connectivity index (χ0v) is 18.2. The number of aromatic nitrogens is 3. The summed E-state index contributed by atoms with van der Waals surface area (Å²) in [4.78, 5) is 12.4. The van der Waals surface area contributed by atoms with Crippen molar-refractivity contribution in [3.63, 3.8) is 0 Å². The molecular formula is C22H23ClN4O2S. The minimum Gasteiger partial charge on any atom is -0.484 e. The highest BCUT2D eigenvalue weighted by molar-refractivity contribution is 7.99. The van der Waals surface area contributed by atoms with E-state index in [1.54, 1.807) is 6.07 Å². The molecule has 1 N–H and O–H groups in total. The molecule has 8 heteroatoms. The molecule has 1 amide bonds. The molecule has 2 aromatic carbocycles. The van der Waals surface area contributed by atoms with Gasteiger partial charge in [0.2, 0.25) is 5.91 Å². The van der Waals surface area contributed by atoms with E-state index in [1.807, 2.05) is 42.5 Å². The summed E-state index contributed by atoms with van der Waals surface area (Å²) >= 11 is 7.55. The summed E-state index contributed by atoms with van der Waals surface area (Å²) in [7, 11) is 0. The molecule has 1 aromatic heterocycles. The number of thioether (sulfide) groups is 1. The first-order chi connectivity index (χ1) is 14.6. The summed E-state index contributed by atoms with van der Waals surface area (Å²) in [6, 6.07) is 15.6. The lowest BCUT2D eigenvalue weighted by atomic mass is 10.1. The number of anilines is 1. The van der Waals surface area contributed by atoms with Gasteiger partial charge in [0.25, 0.3) is 0 Å². The van der Waals surface area contributed by atoms with E-state index >= 15 is 0 Å². The Kier molecular flexibility index (Phi) is 6.59. The fourth-order valence-electron chi connectivity index (χ4n) is 3.06. The average Bonchev–Trinajstić information content (AvgIpc) is 3.52. The van der Waals surface area contributed by atoms with E-state index in [-0.39, 0.29) is 18.3 Å². The monoisotopic (exact) mass is 442 g/mol. The topological polar surface area (TPSA) is 69.0 Å². The Bertz CT molecular complexity index is 1020. The third kappa shape index (κ3) is 5.15. The van der Waals surface area contributed by atoms with E-state index in [1.165, 1.54) is 17.3 Å². The van der Waals surface area contributed by atoms with Crippen LogP contribution >= 0.6 is 23.4 Å². The molecule has 0 bridgehead atoms. The van der Waals surface area contributed by atoms with Gasteiger partial charge in [-0.3, -0.25) is 9.36 Å². The summed E-state index contributed by atoms with van der Waals surface area (Å²) in [6.45, 7) is 2.39. The Labute approximate surface area is 185 Å². The molecule has 1 heterocycles. The summed E-state index contributed by atoms with van der Waals surface area (Å²) in [5.74, 6) is 1.57. The third-order valence-electron chi connectivity index (χ3n) is 4.82.